The lowest BCUT2D eigenvalue weighted by Gasteiger charge is -2.10. The predicted molar refractivity (Wildman–Crippen MR) is 75.8 cm³/mol. The Balaban J connectivity index is 2.29. The van der Waals surface area contributed by atoms with E-state index in [0.29, 0.717) is 22.7 Å². The van der Waals surface area contributed by atoms with Gasteiger partial charge in [-0.2, -0.15) is 5.10 Å². The van der Waals surface area contributed by atoms with Crippen molar-refractivity contribution < 1.29 is 0 Å². The van der Waals surface area contributed by atoms with Crippen LogP contribution in [-0.4, -0.2) is 19.3 Å². The van der Waals surface area contributed by atoms with Gasteiger partial charge in [-0.15, -0.1) is 0 Å². The van der Waals surface area contributed by atoms with Crippen LogP contribution >= 0.6 is 12.2 Å². The molecule has 1 aliphatic rings. The summed E-state index contributed by atoms with van der Waals surface area (Å²) in [5.41, 5.74) is 3.06. The van der Waals surface area contributed by atoms with Crippen molar-refractivity contribution in [2.45, 2.75) is 32.7 Å². The molecule has 5 nitrogen and oxygen atoms in total. The van der Waals surface area contributed by atoms with Crippen molar-refractivity contribution in [1.82, 2.24) is 19.3 Å². The van der Waals surface area contributed by atoms with Crippen LogP contribution in [0.3, 0.4) is 0 Å². The first kappa shape index (κ1) is 12.3. The first-order chi connectivity index (χ1) is 9.13. The van der Waals surface area contributed by atoms with E-state index in [4.69, 9.17) is 12.2 Å². The topological polar surface area (TPSA) is 55.6 Å². The van der Waals surface area contributed by atoms with Crippen LogP contribution in [0, 0.1) is 4.77 Å². The van der Waals surface area contributed by atoms with Gasteiger partial charge >= 0.3 is 0 Å². The van der Waals surface area contributed by atoms with Crippen molar-refractivity contribution >= 4 is 12.2 Å². The molecule has 6 heteroatoms. The van der Waals surface area contributed by atoms with Crippen LogP contribution in [0.25, 0.3) is 11.4 Å². The standard InChI is InChI=1S/C13H16N4OS/c1-3-17-11(14-15-13(17)19)9-7-8-5-4-6-10(8)16(2)12(9)18/h7H,3-6H2,1-2H3,(H,15,19). The molecule has 0 aromatic carbocycles. The largest absolute Gasteiger partial charge is 0.315 e. The minimum atomic E-state index is 0.00403. The third-order valence-electron chi connectivity index (χ3n) is 3.80. The number of hydrogen-bond acceptors (Lipinski definition) is 3. The summed E-state index contributed by atoms with van der Waals surface area (Å²) in [6.45, 7) is 2.69. The predicted octanol–water partition coefficient (Wildman–Crippen LogP) is 1.81. The molecule has 0 bridgehead atoms. The van der Waals surface area contributed by atoms with Crippen LogP contribution in [0.1, 0.15) is 24.6 Å². The van der Waals surface area contributed by atoms with E-state index in [-0.39, 0.29) is 5.56 Å². The van der Waals surface area contributed by atoms with Crippen LogP contribution in [0.2, 0.25) is 0 Å². The number of H-pyrrole nitrogens is 1. The molecular weight excluding hydrogens is 260 g/mol. The Bertz CT molecular complexity index is 753. The van der Waals surface area contributed by atoms with Crippen molar-refractivity contribution in [3.8, 4) is 11.4 Å². The molecule has 19 heavy (non-hydrogen) atoms. The molecule has 0 saturated carbocycles. The van der Waals surface area contributed by atoms with Crippen LogP contribution in [0.15, 0.2) is 10.9 Å². The molecule has 2 aromatic heterocycles. The van der Waals surface area contributed by atoms with Gasteiger partial charge in [0, 0.05) is 19.3 Å². The molecule has 1 N–H and O–H groups in total. The molecule has 100 valence electrons. The number of rotatable bonds is 2. The Kier molecular flexibility index (Phi) is 2.89. The van der Waals surface area contributed by atoms with Gasteiger partial charge in [0.25, 0.3) is 5.56 Å². The summed E-state index contributed by atoms with van der Waals surface area (Å²) in [6.07, 6.45) is 3.14. The van der Waals surface area contributed by atoms with Gasteiger partial charge in [-0.05, 0) is 50.0 Å². The summed E-state index contributed by atoms with van der Waals surface area (Å²) in [5.74, 6) is 0.641. The highest BCUT2D eigenvalue weighted by molar-refractivity contribution is 7.71. The zero-order valence-corrected chi connectivity index (χ0v) is 11.9. The van der Waals surface area contributed by atoms with E-state index in [2.05, 4.69) is 10.2 Å². The molecule has 2 heterocycles. The maximum absolute atomic E-state index is 12.5. The van der Waals surface area contributed by atoms with Gasteiger partial charge in [-0.25, -0.2) is 0 Å². The Morgan fingerprint density at radius 2 is 2.26 bits per heavy atom. The first-order valence-corrected chi connectivity index (χ1v) is 6.91. The van der Waals surface area contributed by atoms with E-state index in [0.717, 1.165) is 25.0 Å². The fraction of sp³-hybridized carbons (Fsp3) is 0.462. The maximum Gasteiger partial charge on any atom is 0.261 e. The number of aromatic nitrogens is 4. The fourth-order valence-corrected chi connectivity index (χ4v) is 3.07. The van der Waals surface area contributed by atoms with Crippen molar-refractivity contribution in [2.75, 3.05) is 0 Å². The summed E-state index contributed by atoms with van der Waals surface area (Å²) in [7, 11) is 1.84. The number of aromatic amines is 1. The van der Waals surface area contributed by atoms with Gasteiger partial charge in [0.1, 0.15) is 0 Å². The third-order valence-corrected chi connectivity index (χ3v) is 4.12. The van der Waals surface area contributed by atoms with Crippen LogP contribution < -0.4 is 5.56 Å². The SMILES string of the molecule is CCn1c(-c2cc3c(n(C)c2=O)CCC3)n[nH]c1=S. The second kappa shape index (κ2) is 4.45. The molecule has 0 fully saturated rings. The van der Waals surface area contributed by atoms with Crippen molar-refractivity contribution in [3.63, 3.8) is 0 Å². The second-order valence-electron chi connectivity index (χ2n) is 4.84. The van der Waals surface area contributed by atoms with E-state index >= 15 is 0 Å². The Labute approximate surface area is 115 Å². The summed E-state index contributed by atoms with van der Waals surface area (Å²) in [6, 6.07) is 1.99. The number of fused-ring (bicyclic) bond motifs is 1. The van der Waals surface area contributed by atoms with Crippen molar-refractivity contribution in [2.24, 2.45) is 7.05 Å². The lowest BCUT2D eigenvalue weighted by Crippen LogP contribution is -2.23. The molecule has 0 unspecified atom stereocenters. The molecule has 2 aromatic rings. The summed E-state index contributed by atoms with van der Waals surface area (Å²) in [4.78, 5) is 12.5. The maximum atomic E-state index is 12.5. The Morgan fingerprint density at radius 1 is 1.47 bits per heavy atom. The minimum absolute atomic E-state index is 0.00403. The molecule has 0 aliphatic heterocycles. The van der Waals surface area contributed by atoms with Gasteiger partial charge in [0.2, 0.25) is 0 Å². The number of aryl methyl sites for hydroxylation is 1. The van der Waals surface area contributed by atoms with Crippen LogP contribution in [0.4, 0.5) is 0 Å². The monoisotopic (exact) mass is 276 g/mol. The zero-order valence-electron chi connectivity index (χ0n) is 11.1. The van der Waals surface area contributed by atoms with Gasteiger partial charge in [-0.1, -0.05) is 0 Å². The van der Waals surface area contributed by atoms with Gasteiger partial charge in [0.15, 0.2) is 10.6 Å². The van der Waals surface area contributed by atoms with Crippen molar-refractivity contribution in [1.29, 1.82) is 0 Å². The van der Waals surface area contributed by atoms with Gasteiger partial charge < -0.3 is 9.13 Å². The van der Waals surface area contributed by atoms with Crippen molar-refractivity contribution in [3.05, 3.63) is 32.4 Å². The normalized spacial score (nSPS) is 13.8. The molecule has 0 amide bonds. The average molecular weight is 276 g/mol. The van der Waals surface area contributed by atoms with Crippen LogP contribution in [-0.2, 0) is 26.4 Å². The first-order valence-electron chi connectivity index (χ1n) is 6.50. The Morgan fingerprint density at radius 3 is 3.00 bits per heavy atom. The van der Waals surface area contributed by atoms with E-state index in [1.54, 1.807) is 4.57 Å². The minimum Gasteiger partial charge on any atom is -0.315 e. The molecule has 1 aliphatic carbocycles. The fourth-order valence-electron chi connectivity index (χ4n) is 2.81. The molecule has 3 rings (SSSR count). The highest BCUT2D eigenvalue weighted by Gasteiger charge is 2.20. The van der Waals surface area contributed by atoms with Gasteiger partial charge in [-0.3, -0.25) is 9.89 Å². The summed E-state index contributed by atoms with van der Waals surface area (Å²) < 4.78 is 4.17. The third kappa shape index (κ3) is 1.78. The average Bonchev–Trinajstić information content (AvgIpc) is 3.00. The van der Waals surface area contributed by atoms with E-state index in [1.807, 2.05) is 24.6 Å². The van der Waals surface area contributed by atoms with E-state index in [1.165, 1.54) is 5.56 Å². The number of pyridine rings is 1. The summed E-state index contributed by atoms with van der Waals surface area (Å²) in [5, 5.41) is 6.99. The van der Waals surface area contributed by atoms with E-state index < -0.39 is 0 Å². The highest BCUT2D eigenvalue weighted by atomic mass is 32.1. The van der Waals surface area contributed by atoms with E-state index in [9.17, 15) is 4.79 Å². The molecule has 0 radical (unpaired) electrons. The van der Waals surface area contributed by atoms with Crippen LogP contribution in [0.5, 0.6) is 0 Å². The highest BCUT2D eigenvalue weighted by Crippen LogP contribution is 2.24. The number of hydrogen-bond donors (Lipinski definition) is 1. The molecular formula is C13H16N4OS. The lowest BCUT2D eigenvalue weighted by molar-refractivity contribution is 0.746. The molecule has 0 atom stereocenters. The number of nitrogens with one attached hydrogen (secondary N) is 1. The van der Waals surface area contributed by atoms with Gasteiger partial charge in [0.05, 0.1) is 5.56 Å². The Hall–Kier alpha value is -1.69. The quantitative estimate of drug-likeness (QED) is 0.851. The lowest BCUT2D eigenvalue weighted by atomic mass is 10.1. The molecule has 0 spiro atoms. The zero-order chi connectivity index (χ0) is 13.6. The smallest absolute Gasteiger partial charge is 0.261 e. The second-order valence-corrected chi connectivity index (χ2v) is 5.23. The molecule has 0 saturated heterocycles. The number of nitrogens with zero attached hydrogens (tertiary/aromatic N) is 3. The summed E-state index contributed by atoms with van der Waals surface area (Å²) >= 11 is 5.18.